The topological polar surface area (TPSA) is 72.2 Å². The summed E-state index contributed by atoms with van der Waals surface area (Å²) in [7, 11) is 0. The summed E-state index contributed by atoms with van der Waals surface area (Å²) >= 11 is 0. The molecule has 1 aromatic heterocycles. The van der Waals surface area contributed by atoms with E-state index in [4.69, 9.17) is 10.5 Å². The summed E-state index contributed by atoms with van der Waals surface area (Å²) in [4.78, 5) is 4.13. The minimum absolute atomic E-state index is 0.328. The zero-order valence-electron chi connectivity index (χ0n) is 14.7. The maximum Gasteiger partial charge on any atom is 0.131 e. The fourth-order valence-corrected chi connectivity index (χ4v) is 3.32. The molecule has 2 aromatic carbocycles. The normalized spacial score (nSPS) is 15.1. The molecule has 5 heteroatoms. The van der Waals surface area contributed by atoms with Gasteiger partial charge in [0.1, 0.15) is 17.7 Å². The largest absolute Gasteiger partial charge is 0.490 e. The number of benzene rings is 2. The van der Waals surface area contributed by atoms with Gasteiger partial charge in [0.15, 0.2) is 0 Å². The quantitative estimate of drug-likeness (QED) is 0.657. The number of nitrogens with one attached hydrogen (secondary N) is 2. The Bertz CT molecular complexity index is 873. The second kappa shape index (κ2) is 7.62. The predicted octanol–water partition coefficient (Wildman–Crippen LogP) is 3.56. The highest BCUT2D eigenvalue weighted by Gasteiger charge is 2.14. The Morgan fingerprint density at radius 2 is 1.88 bits per heavy atom. The second-order valence-electron chi connectivity index (χ2n) is 6.70. The molecule has 0 atom stereocenters. The standard InChI is InChI=1S/C21H24N4O/c22-21-20-6-1-15(13-16(20)7-12-24-21)14-25-17-2-4-18(5-3-17)26-19-8-10-23-11-9-19/h1-7,12-13,19,23,25H,8-11,14H2,(H2,22,24). The molecule has 26 heavy (non-hydrogen) atoms. The van der Waals surface area contributed by atoms with E-state index in [1.54, 1.807) is 6.20 Å². The summed E-state index contributed by atoms with van der Waals surface area (Å²) in [6, 6.07) is 16.5. The van der Waals surface area contributed by atoms with Crippen LogP contribution in [0.25, 0.3) is 10.8 Å². The third kappa shape index (κ3) is 3.89. The first-order chi connectivity index (χ1) is 12.8. The summed E-state index contributed by atoms with van der Waals surface area (Å²) < 4.78 is 6.05. The number of pyridine rings is 1. The second-order valence-corrected chi connectivity index (χ2v) is 6.70. The zero-order valence-corrected chi connectivity index (χ0v) is 14.7. The Kier molecular flexibility index (Phi) is 4.88. The highest BCUT2D eigenvalue weighted by Crippen LogP contribution is 2.22. The van der Waals surface area contributed by atoms with Crippen molar-refractivity contribution in [2.75, 3.05) is 24.1 Å². The molecule has 1 fully saturated rings. The van der Waals surface area contributed by atoms with Crippen LogP contribution >= 0.6 is 0 Å². The number of rotatable bonds is 5. The van der Waals surface area contributed by atoms with Gasteiger partial charge in [0, 0.05) is 23.8 Å². The van der Waals surface area contributed by atoms with E-state index in [0.29, 0.717) is 11.9 Å². The number of aromatic nitrogens is 1. The summed E-state index contributed by atoms with van der Waals surface area (Å²) in [5.41, 5.74) is 8.20. The van der Waals surface area contributed by atoms with E-state index in [1.165, 1.54) is 5.56 Å². The van der Waals surface area contributed by atoms with Crippen molar-refractivity contribution in [3.63, 3.8) is 0 Å². The van der Waals surface area contributed by atoms with Gasteiger partial charge >= 0.3 is 0 Å². The number of ether oxygens (including phenoxy) is 1. The average Bonchev–Trinajstić information content (AvgIpc) is 2.68. The number of anilines is 2. The van der Waals surface area contributed by atoms with Crippen LogP contribution in [0.2, 0.25) is 0 Å². The van der Waals surface area contributed by atoms with E-state index in [-0.39, 0.29) is 0 Å². The number of hydrogen-bond acceptors (Lipinski definition) is 5. The molecule has 0 unspecified atom stereocenters. The molecule has 4 N–H and O–H groups in total. The lowest BCUT2D eigenvalue weighted by Gasteiger charge is -2.23. The fourth-order valence-electron chi connectivity index (χ4n) is 3.32. The highest BCUT2D eigenvalue weighted by atomic mass is 16.5. The molecule has 2 heterocycles. The number of nitrogen functional groups attached to an aromatic ring is 1. The molecule has 3 aromatic rings. The van der Waals surface area contributed by atoms with Gasteiger partial charge in [-0.25, -0.2) is 4.98 Å². The van der Waals surface area contributed by atoms with Gasteiger partial charge in [-0.3, -0.25) is 0 Å². The molecule has 134 valence electrons. The lowest BCUT2D eigenvalue weighted by atomic mass is 10.1. The predicted molar refractivity (Wildman–Crippen MR) is 106 cm³/mol. The van der Waals surface area contributed by atoms with Gasteiger partial charge in [0.05, 0.1) is 0 Å². The first-order valence-corrected chi connectivity index (χ1v) is 9.12. The molecule has 0 spiro atoms. The third-order valence-electron chi connectivity index (χ3n) is 4.80. The Hall–Kier alpha value is -2.79. The minimum atomic E-state index is 0.328. The Morgan fingerprint density at radius 3 is 2.69 bits per heavy atom. The third-order valence-corrected chi connectivity index (χ3v) is 4.80. The molecule has 0 bridgehead atoms. The molecular formula is C21H24N4O. The molecule has 4 rings (SSSR count). The van der Waals surface area contributed by atoms with Crippen molar-refractivity contribution in [2.45, 2.75) is 25.5 Å². The molecule has 1 aliphatic rings. The maximum absolute atomic E-state index is 6.05. The van der Waals surface area contributed by atoms with Crippen molar-refractivity contribution in [1.82, 2.24) is 10.3 Å². The number of hydrogen-bond donors (Lipinski definition) is 3. The number of piperidine rings is 1. The minimum Gasteiger partial charge on any atom is -0.490 e. The monoisotopic (exact) mass is 348 g/mol. The highest BCUT2D eigenvalue weighted by molar-refractivity contribution is 5.91. The fraction of sp³-hybridized carbons (Fsp3) is 0.286. The van der Waals surface area contributed by atoms with Crippen LogP contribution < -0.4 is 21.1 Å². The van der Waals surface area contributed by atoms with Crippen LogP contribution in [0, 0.1) is 0 Å². The molecule has 0 radical (unpaired) electrons. The molecule has 5 nitrogen and oxygen atoms in total. The van der Waals surface area contributed by atoms with Gasteiger partial charge in [0.25, 0.3) is 0 Å². The zero-order chi connectivity index (χ0) is 17.8. The molecule has 0 saturated carbocycles. The van der Waals surface area contributed by atoms with E-state index < -0.39 is 0 Å². The van der Waals surface area contributed by atoms with Gasteiger partial charge in [-0.1, -0.05) is 12.1 Å². The summed E-state index contributed by atoms with van der Waals surface area (Å²) in [6.45, 7) is 2.84. The van der Waals surface area contributed by atoms with Crippen molar-refractivity contribution in [2.24, 2.45) is 0 Å². The smallest absolute Gasteiger partial charge is 0.131 e. The van der Waals surface area contributed by atoms with Crippen LogP contribution in [0.3, 0.4) is 0 Å². The lowest BCUT2D eigenvalue weighted by molar-refractivity contribution is 0.162. The Labute approximate surface area is 153 Å². The van der Waals surface area contributed by atoms with E-state index in [2.05, 4.69) is 39.9 Å². The van der Waals surface area contributed by atoms with E-state index in [0.717, 1.165) is 54.7 Å². The van der Waals surface area contributed by atoms with Crippen molar-refractivity contribution in [1.29, 1.82) is 0 Å². The van der Waals surface area contributed by atoms with Crippen LogP contribution in [-0.4, -0.2) is 24.2 Å². The number of fused-ring (bicyclic) bond motifs is 1. The maximum atomic E-state index is 6.05. The van der Waals surface area contributed by atoms with Gasteiger partial charge in [-0.05, 0) is 73.3 Å². The molecule has 1 saturated heterocycles. The molecular weight excluding hydrogens is 324 g/mol. The van der Waals surface area contributed by atoms with Crippen LogP contribution in [0.1, 0.15) is 18.4 Å². The Morgan fingerprint density at radius 1 is 1.08 bits per heavy atom. The first-order valence-electron chi connectivity index (χ1n) is 9.12. The van der Waals surface area contributed by atoms with Crippen LogP contribution in [-0.2, 0) is 6.54 Å². The SMILES string of the molecule is Nc1nccc2cc(CNc3ccc(OC4CCNCC4)cc3)ccc12. The van der Waals surface area contributed by atoms with Gasteiger partial charge in [0.2, 0.25) is 0 Å². The molecule has 0 amide bonds. The van der Waals surface area contributed by atoms with Crippen LogP contribution in [0.5, 0.6) is 5.75 Å². The van der Waals surface area contributed by atoms with Gasteiger partial charge in [-0.2, -0.15) is 0 Å². The van der Waals surface area contributed by atoms with Crippen molar-refractivity contribution >= 4 is 22.3 Å². The number of nitrogens with two attached hydrogens (primary N) is 1. The van der Waals surface area contributed by atoms with E-state index >= 15 is 0 Å². The summed E-state index contributed by atoms with van der Waals surface area (Å²) in [5, 5.41) is 8.92. The van der Waals surface area contributed by atoms with E-state index in [9.17, 15) is 0 Å². The number of nitrogens with zero attached hydrogens (tertiary/aromatic N) is 1. The van der Waals surface area contributed by atoms with E-state index in [1.807, 2.05) is 24.3 Å². The van der Waals surface area contributed by atoms with Gasteiger partial charge < -0.3 is 21.1 Å². The molecule has 1 aliphatic heterocycles. The lowest BCUT2D eigenvalue weighted by Crippen LogP contribution is -2.34. The van der Waals surface area contributed by atoms with Crippen molar-refractivity contribution < 1.29 is 4.74 Å². The van der Waals surface area contributed by atoms with Crippen molar-refractivity contribution in [3.05, 3.63) is 60.3 Å². The Balaban J connectivity index is 1.37. The average molecular weight is 348 g/mol. The van der Waals surface area contributed by atoms with Gasteiger partial charge in [-0.15, -0.1) is 0 Å². The summed E-state index contributed by atoms with van der Waals surface area (Å²) in [6.07, 6.45) is 4.22. The first kappa shape index (κ1) is 16.7. The van der Waals surface area contributed by atoms with Crippen LogP contribution in [0.4, 0.5) is 11.5 Å². The molecule has 0 aliphatic carbocycles. The summed E-state index contributed by atoms with van der Waals surface area (Å²) in [5.74, 6) is 1.52. The van der Waals surface area contributed by atoms with Crippen LogP contribution in [0.15, 0.2) is 54.7 Å². The van der Waals surface area contributed by atoms with Crippen molar-refractivity contribution in [3.8, 4) is 5.75 Å².